The molecule has 2 heterocycles. The predicted octanol–water partition coefficient (Wildman–Crippen LogP) is 1.95. The quantitative estimate of drug-likeness (QED) is 0.916. The normalized spacial score (nSPS) is 20.4. The molecule has 1 atom stereocenters. The van der Waals surface area contributed by atoms with Crippen molar-refractivity contribution in [2.24, 2.45) is 5.73 Å². The Kier molecular flexibility index (Phi) is 4.14. The molecule has 1 aliphatic rings. The van der Waals surface area contributed by atoms with Crippen LogP contribution in [0, 0.1) is 0 Å². The van der Waals surface area contributed by atoms with Crippen LogP contribution in [-0.4, -0.2) is 36.9 Å². The highest BCUT2D eigenvalue weighted by Gasteiger charge is 2.28. The monoisotopic (exact) mass is 275 g/mol. The molecule has 2 N–H and O–H groups in total. The number of ether oxygens (including phenoxy) is 1. The Balaban J connectivity index is 2.02. The van der Waals surface area contributed by atoms with Crippen molar-refractivity contribution in [3.8, 4) is 5.75 Å². The fraction of sp³-hybridized carbons (Fsp3) is 0.583. The van der Waals surface area contributed by atoms with E-state index in [1.165, 1.54) is 6.20 Å². The van der Waals surface area contributed by atoms with Crippen LogP contribution in [0.3, 0.4) is 0 Å². The number of hydrogen-bond donors (Lipinski definition) is 1. The van der Waals surface area contributed by atoms with E-state index in [1.54, 1.807) is 12.3 Å². The number of pyridine rings is 1. The van der Waals surface area contributed by atoms with E-state index in [0.29, 0.717) is 6.54 Å². The van der Waals surface area contributed by atoms with Crippen LogP contribution < -0.4 is 15.4 Å². The number of piperidine rings is 1. The summed E-state index contributed by atoms with van der Waals surface area (Å²) in [6, 6.07) is 1.66. The fourth-order valence-corrected chi connectivity index (χ4v) is 2.07. The van der Waals surface area contributed by atoms with Gasteiger partial charge in [0.15, 0.2) is 6.61 Å². The molecule has 19 heavy (non-hydrogen) atoms. The lowest BCUT2D eigenvalue weighted by Gasteiger charge is -2.32. The number of anilines is 1. The van der Waals surface area contributed by atoms with Crippen molar-refractivity contribution in [3.63, 3.8) is 0 Å². The fourth-order valence-electron chi connectivity index (χ4n) is 2.07. The van der Waals surface area contributed by atoms with Crippen LogP contribution in [0.2, 0.25) is 0 Å². The van der Waals surface area contributed by atoms with Gasteiger partial charge in [-0.2, -0.15) is 13.2 Å². The summed E-state index contributed by atoms with van der Waals surface area (Å²) in [6.45, 7) is 0.208. The van der Waals surface area contributed by atoms with Crippen molar-refractivity contribution in [1.82, 2.24) is 4.98 Å². The van der Waals surface area contributed by atoms with Gasteiger partial charge in [-0.05, 0) is 12.8 Å². The predicted molar refractivity (Wildman–Crippen MR) is 65.2 cm³/mol. The second kappa shape index (κ2) is 5.64. The molecule has 1 fully saturated rings. The second-order valence-electron chi connectivity index (χ2n) is 4.63. The molecule has 0 amide bonds. The van der Waals surface area contributed by atoms with Crippen molar-refractivity contribution < 1.29 is 17.9 Å². The molecular weight excluding hydrogens is 259 g/mol. The summed E-state index contributed by atoms with van der Waals surface area (Å²) in [6.07, 6.45) is 0.476. The molecule has 7 heteroatoms. The summed E-state index contributed by atoms with van der Waals surface area (Å²) in [5.74, 6) is 0.119. The molecule has 4 nitrogen and oxygen atoms in total. The van der Waals surface area contributed by atoms with E-state index in [-0.39, 0.29) is 11.8 Å². The van der Waals surface area contributed by atoms with Crippen molar-refractivity contribution in [2.45, 2.75) is 25.1 Å². The average Bonchev–Trinajstić information content (AvgIpc) is 2.36. The molecule has 0 radical (unpaired) electrons. The van der Waals surface area contributed by atoms with Crippen LogP contribution in [0.5, 0.6) is 5.75 Å². The highest BCUT2D eigenvalue weighted by molar-refractivity contribution is 5.48. The maximum atomic E-state index is 12.1. The van der Waals surface area contributed by atoms with Gasteiger partial charge < -0.3 is 15.4 Å². The van der Waals surface area contributed by atoms with Crippen molar-refractivity contribution in [1.29, 1.82) is 0 Å². The first-order chi connectivity index (χ1) is 8.94. The summed E-state index contributed by atoms with van der Waals surface area (Å²) < 4.78 is 40.9. The first-order valence-corrected chi connectivity index (χ1v) is 6.09. The van der Waals surface area contributed by atoms with Crippen LogP contribution >= 0.6 is 0 Å². The molecule has 1 aliphatic heterocycles. The number of rotatable bonds is 3. The average molecular weight is 275 g/mol. The molecule has 1 aromatic rings. The third-order valence-electron chi connectivity index (χ3n) is 2.92. The van der Waals surface area contributed by atoms with Gasteiger partial charge in [0.2, 0.25) is 0 Å². The highest BCUT2D eigenvalue weighted by Crippen LogP contribution is 2.24. The first kappa shape index (κ1) is 13.9. The maximum Gasteiger partial charge on any atom is 0.422 e. The zero-order valence-electron chi connectivity index (χ0n) is 10.4. The van der Waals surface area contributed by atoms with E-state index in [4.69, 9.17) is 5.73 Å². The lowest BCUT2D eigenvalue weighted by molar-refractivity contribution is -0.153. The van der Waals surface area contributed by atoms with E-state index in [2.05, 4.69) is 9.72 Å². The third-order valence-corrected chi connectivity index (χ3v) is 2.92. The molecular formula is C12H16F3N3O. The van der Waals surface area contributed by atoms with E-state index in [1.807, 2.05) is 4.90 Å². The second-order valence-corrected chi connectivity index (χ2v) is 4.63. The lowest BCUT2D eigenvalue weighted by Crippen LogP contribution is -2.42. The summed E-state index contributed by atoms with van der Waals surface area (Å²) >= 11 is 0. The minimum absolute atomic E-state index is 0.0912. The van der Waals surface area contributed by atoms with Gasteiger partial charge in [0.1, 0.15) is 5.75 Å². The van der Waals surface area contributed by atoms with Crippen LogP contribution in [0.4, 0.5) is 18.9 Å². The lowest BCUT2D eigenvalue weighted by atomic mass is 10.1. The molecule has 0 aromatic carbocycles. The molecule has 1 saturated heterocycles. The molecule has 0 spiro atoms. The molecule has 0 bridgehead atoms. The highest BCUT2D eigenvalue weighted by atomic mass is 19.4. The van der Waals surface area contributed by atoms with Gasteiger partial charge >= 0.3 is 6.18 Å². The van der Waals surface area contributed by atoms with E-state index < -0.39 is 12.8 Å². The Bertz CT molecular complexity index is 425. The smallest absolute Gasteiger partial charge is 0.422 e. The van der Waals surface area contributed by atoms with E-state index in [9.17, 15) is 13.2 Å². The van der Waals surface area contributed by atoms with Crippen LogP contribution in [0.25, 0.3) is 0 Å². The van der Waals surface area contributed by atoms with Gasteiger partial charge in [-0.3, -0.25) is 4.98 Å². The number of nitrogens with zero attached hydrogens (tertiary/aromatic N) is 2. The summed E-state index contributed by atoms with van der Waals surface area (Å²) in [5.41, 5.74) is 6.62. The number of aromatic nitrogens is 1. The third kappa shape index (κ3) is 4.27. The van der Waals surface area contributed by atoms with Crippen LogP contribution in [0.1, 0.15) is 12.8 Å². The number of hydrogen-bond acceptors (Lipinski definition) is 4. The summed E-state index contributed by atoms with van der Waals surface area (Å²) in [4.78, 5) is 5.93. The molecule has 1 unspecified atom stereocenters. The zero-order chi connectivity index (χ0) is 13.9. The van der Waals surface area contributed by atoms with Crippen molar-refractivity contribution in [3.05, 3.63) is 18.5 Å². The first-order valence-electron chi connectivity index (χ1n) is 6.09. The summed E-state index contributed by atoms with van der Waals surface area (Å²) in [5, 5.41) is 0. The van der Waals surface area contributed by atoms with Crippen molar-refractivity contribution in [2.75, 3.05) is 24.6 Å². The Hall–Kier alpha value is -1.50. The minimum Gasteiger partial charge on any atom is -0.482 e. The van der Waals surface area contributed by atoms with E-state index >= 15 is 0 Å². The Morgan fingerprint density at radius 2 is 2.21 bits per heavy atom. The molecule has 2 rings (SSSR count). The number of alkyl halides is 3. The van der Waals surface area contributed by atoms with Gasteiger partial charge in [0.05, 0.1) is 18.1 Å². The Morgan fingerprint density at radius 3 is 2.89 bits per heavy atom. The van der Waals surface area contributed by atoms with Crippen molar-refractivity contribution >= 4 is 5.69 Å². The van der Waals surface area contributed by atoms with Gasteiger partial charge in [-0.1, -0.05) is 0 Å². The molecule has 0 aliphatic carbocycles. The van der Waals surface area contributed by atoms with Gasteiger partial charge in [0, 0.05) is 25.2 Å². The summed E-state index contributed by atoms with van der Waals surface area (Å²) in [7, 11) is 0. The Labute approximate surface area is 109 Å². The maximum absolute atomic E-state index is 12.1. The largest absolute Gasteiger partial charge is 0.482 e. The number of halogens is 3. The molecule has 106 valence electrons. The van der Waals surface area contributed by atoms with Gasteiger partial charge in [-0.15, -0.1) is 0 Å². The molecule has 1 aromatic heterocycles. The van der Waals surface area contributed by atoms with Crippen LogP contribution in [-0.2, 0) is 0 Å². The van der Waals surface area contributed by atoms with E-state index in [0.717, 1.165) is 25.1 Å². The number of nitrogens with two attached hydrogens (primary N) is 1. The Morgan fingerprint density at radius 1 is 1.42 bits per heavy atom. The minimum atomic E-state index is -4.34. The standard InChI is InChI=1S/C12H16F3N3O/c13-12(14,15)8-19-11-4-10(5-17-6-11)18-3-1-2-9(16)7-18/h4-6,9H,1-3,7-8,16H2. The van der Waals surface area contributed by atoms with Gasteiger partial charge in [-0.25, -0.2) is 0 Å². The van der Waals surface area contributed by atoms with Gasteiger partial charge in [0.25, 0.3) is 0 Å². The van der Waals surface area contributed by atoms with Crippen LogP contribution in [0.15, 0.2) is 18.5 Å². The topological polar surface area (TPSA) is 51.4 Å². The zero-order valence-corrected chi connectivity index (χ0v) is 10.4. The SMILES string of the molecule is NC1CCCN(c2cncc(OCC(F)(F)F)c2)C1. The molecule has 0 saturated carbocycles.